The van der Waals surface area contributed by atoms with Crippen LogP contribution >= 0.6 is 0 Å². The Morgan fingerprint density at radius 3 is 2.65 bits per heavy atom. The van der Waals surface area contributed by atoms with E-state index in [4.69, 9.17) is 0 Å². The van der Waals surface area contributed by atoms with Gasteiger partial charge in [0.1, 0.15) is 5.82 Å². The van der Waals surface area contributed by atoms with Crippen molar-refractivity contribution in [2.45, 2.75) is 44.7 Å². The number of hydrogen-bond donors (Lipinski definition) is 1. The minimum atomic E-state index is -4.21. The Balaban J connectivity index is 2.20. The maximum Gasteiger partial charge on any atom is 0.389 e. The largest absolute Gasteiger partial charge is 0.389 e. The molecule has 0 bridgehead atoms. The molecule has 1 aromatic heterocycles. The molecule has 0 atom stereocenters. The second-order valence-electron chi connectivity index (χ2n) is 4.26. The van der Waals surface area contributed by atoms with Crippen LogP contribution in [0.4, 0.5) is 13.2 Å². The average molecular weight is 246 g/mol. The zero-order chi connectivity index (χ0) is 12.5. The zero-order valence-corrected chi connectivity index (χ0v) is 9.23. The first-order chi connectivity index (χ1) is 7.96. The molecule has 0 amide bonds. The highest BCUT2D eigenvalue weighted by atomic mass is 19.4. The third kappa shape index (κ3) is 3.08. The summed E-state index contributed by atoms with van der Waals surface area (Å²) in [4.78, 5) is 18.2. The number of fused-ring (bicyclic) bond motifs is 1. The van der Waals surface area contributed by atoms with Crippen LogP contribution in [0, 0.1) is 0 Å². The molecular formula is C11H13F3N2O. The van der Waals surface area contributed by atoms with Crippen LogP contribution in [0.2, 0.25) is 0 Å². The molecule has 0 unspecified atom stereocenters. The highest BCUT2D eigenvalue weighted by Crippen LogP contribution is 2.21. The fourth-order valence-corrected chi connectivity index (χ4v) is 2.03. The van der Waals surface area contributed by atoms with Crippen LogP contribution in [0.25, 0.3) is 0 Å². The Morgan fingerprint density at radius 1 is 1.24 bits per heavy atom. The van der Waals surface area contributed by atoms with Crippen molar-refractivity contribution in [2.24, 2.45) is 0 Å². The van der Waals surface area contributed by atoms with Gasteiger partial charge in [-0.1, -0.05) is 0 Å². The van der Waals surface area contributed by atoms with E-state index >= 15 is 0 Å². The van der Waals surface area contributed by atoms with Crippen molar-refractivity contribution in [2.75, 3.05) is 0 Å². The molecule has 0 saturated heterocycles. The number of hydrogen-bond acceptors (Lipinski definition) is 2. The fraction of sp³-hybridized carbons (Fsp3) is 0.636. The monoisotopic (exact) mass is 246 g/mol. The number of aromatic amines is 1. The minimum Gasteiger partial charge on any atom is -0.310 e. The van der Waals surface area contributed by atoms with Gasteiger partial charge in [-0.25, -0.2) is 4.98 Å². The van der Waals surface area contributed by atoms with Crippen LogP contribution in [0.3, 0.4) is 0 Å². The molecule has 1 N–H and O–H groups in total. The first-order valence-corrected chi connectivity index (χ1v) is 5.63. The molecule has 1 heterocycles. The summed E-state index contributed by atoms with van der Waals surface area (Å²) in [5.74, 6) is 0.146. The number of aryl methyl sites for hydroxylation is 2. The predicted octanol–water partition coefficient (Wildman–Crippen LogP) is 2.14. The van der Waals surface area contributed by atoms with E-state index in [1.54, 1.807) is 0 Å². The van der Waals surface area contributed by atoms with E-state index in [1.165, 1.54) is 0 Å². The number of rotatable bonds is 2. The van der Waals surface area contributed by atoms with Crippen molar-refractivity contribution in [1.29, 1.82) is 0 Å². The molecule has 0 aromatic carbocycles. The van der Waals surface area contributed by atoms with Gasteiger partial charge in [-0.15, -0.1) is 0 Å². The van der Waals surface area contributed by atoms with Crippen molar-refractivity contribution in [3.05, 3.63) is 27.4 Å². The van der Waals surface area contributed by atoms with E-state index in [0.717, 1.165) is 12.8 Å². The van der Waals surface area contributed by atoms with Gasteiger partial charge in [0.15, 0.2) is 0 Å². The summed E-state index contributed by atoms with van der Waals surface area (Å²) in [6.45, 7) is 0. The highest BCUT2D eigenvalue weighted by molar-refractivity contribution is 5.20. The SMILES string of the molecule is O=c1[nH]c(CCC(F)(F)F)nc2c1CCCC2. The van der Waals surface area contributed by atoms with Gasteiger partial charge in [0.2, 0.25) is 0 Å². The van der Waals surface area contributed by atoms with E-state index in [-0.39, 0.29) is 17.8 Å². The molecule has 0 radical (unpaired) electrons. The van der Waals surface area contributed by atoms with Crippen molar-refractivity contribution in [3.63, 3.8) is 0 Å². The maximum absolute atomic E-state index is 12.1. The van der Waals surface area contributed by atoms with Gasteiger partial charge >= 0.3 is 6.18 Å². The van der Waals surface area contributed by atoms with Gasteiger partial charge < -0.3 is 4.98 Å². The predicted molar refractivity (Wildman–Crippen MR) is 55.9 cm³/mol. The van der Waals surface area contributed by atoms with Crippen LogP contribution in [0.5, 0.6) is 0 Å². The number of nitrogens with zero attached hydrogens (tertiary/aromatic N) is 1. The summed E-state index contributed by atoms with van der Waals surface area (Å²) in [7, 11) is 0. The molecule has 17 heavy (non-hydrogen) atoms. The lowest BCUT2D eigenvalue weighted by molar-refractivity contribution is -0.134. The molecule has 0 aliphatic heterocycles. The van der Waals surface area contributed by atoms with Gasteiger partial charge in [-0.05, 0) is 25.7 Å². The normalized spacial score (nSPS) is 15.7. The van der Waals surface area contributed by atoms with Crippen molar-refractivity contribution < 1.29 is 13.2 Å². The zero-order valence-electron chi connectivity index (χ0n) is 9.23. The summed E-state index contributed by atoms with van der Waals surface area (Å²) in [6, 6.07) is 0. The van der Waals surface area contributed by atoms with Crippen molar-refractivity contribution in [3.8, 4) is 0 Å². The molecular weight excluding hydrogens is 233 g/mol. The summed E-state index contributed by atoms with van der Waals surface area (Å²) in [6.07, 6.45) is -2.16. The number of nitrogens with one attached hydrogen (secondary N) is 1. The van der Waals surface area contributed by atoms with E-state index in [2.05, 4.69) is 9.97 Å². The molecule has 1 aliphatic rings. The van der Waals surface area contributed by atoms with Crippen LogP contribution in [-0.4, -0.2) is 16.1 Å². The molecule has 1 aromatic rings. The van der Waals surface area contributed by atoms with Crippen molar-refractivity contribution >= 4 is 0 Å². The Bertz CT molecular complexity index is 465. The Hall–Kier alpha value is -1.33. The van der Waals surface area contributed by atoms with Crippen molar-refractivity contribution in [1.82, 2.24) is 9.97 Å². The van der Waals surface area contributed by atoms with Crippen LogP contribution in [0.15, 0.2) is 4.79 Å². The molecule has 3 nitrogen and oxygen atoms in total. The summed E-state index contributed by atoms with van der Waals surface area (Å²) in [5.41, 5.74) is 1.05. The topological polar surface area (TPSA) is 45.8 Å². The first kappa shape index (κ1) is 12.1. The van der Waals surface area contributed by atoms with Gasteiger partial charge in [0.05, 0.1) is 12.1 Å². The van der Waals surface area contributed by atoms with E-state index in [0.29, 0.717) is 24.1 Å². The lowest BCUT2D eigenvalue weighted by Crippen LogP contribution is -2.23. The smallest absolute Gasteiger partial charge is 0.310 e. The molecule has 0 spiro atoms. The van der Waals surface area contributed by atoms with Crippen LogP contribution in [0.1, 0.15) is 36.3 Å². The number of halogens is 3. The number of aromatic nitrogens is 2. The van der Waals surface area contributed by atoms with Gasteiger partial charge in [0.25, 0.3) is 5.56 Å². The Morgan fingerprint density at radius 2 is 1.94 bits per heavy atom. The first-order valence-electron chi connectivity index (χ1n) is 5.63. The van der Waals surface area contributed by atoms with Gasteiger partial charge in [-0.2, -0.15) is 13.2 Å². The highest BCUT2D eigenvalue weighted by Gasteiger charge is 2.27. The molecule has 0 saturated carbocycles. The second kappa shape index (κ2) is 4.50. The molecule has 94 valence electrons. The molecule has 0 fully saturated rings. The number of H-pyrrole nitrogens is 1. The van der Waals surface area contributed by atoms with E-state index in [1.807, 2.05) is 0 Å². The molecule has 6 heteroatoms. The quantitative estimate of drug-likeness (QED) is 0.869. The second-order valence-corrected chi connectivity index (χ2v) is 4.26. The fourth-order valence-electron chi connectivity index (χ4n) is 2.03. The summed E-state index contributed by atoms with van der Waals surface area (Å²) >= 11 is 0. The Labute approximate surface area is 96.1 Å². The summed E-state index contributed by atoms with van der Waals surface area (Å²) < 4.78 is 36.2. The Kier molecular flexibility index (Phi) is 3.22. The van der Waals surface area contributed by atoms with Crippen LogP contribution < -0.4 is 5.56 Å². The van der Waals surface area contributed by atoms with Crippen LogP contribution in [-0.2, 0) is 19.3 Å². The maximum atomic E-state index is 12.1. The van der Waals surface area contributed by atoms with E-state index < -0.39 is 12.6 Å². The van der Waals surface area contributed by atoms with E-state index in [9.17, 15) is 18.0 Å². The van der Waals surface area contributed by atoms with Gasteiger partial charge in [-0.3, -0.25) is 4.79 Å². The minimum absolute atomic E-state index is 0.146. The lowest BCUT2D eigenvalue weighted by Gasteiger charge is -2.14. The molecule has 2 rings (SSSR count). The third-order valence-corrected chi connectivity index (χ3v) is 2.89. The standard InChI is InChI=1S/C11H13F3N2O/c12-11(13,14)6-5-9-15-8-4-2-1-3-7(8)10(17)16-9/h1-6H2,(H,15,16,17). The third-order valence-electron chi connectivity index (χ3n) is 2.89. The lowest BCUT2D eigenvalue weighted by atomic mass is 9.97. The average Bonchev–Trinajstić information content (AvgIpc) is 2.26. The summed E-state index contributed by atoms with van der Waals surface area (Å²) in [5, 5.41) is 0. The number of alkyl halides is 3. The van der Waals surface area contributed by atoms with Gasteiger partial charge in [0, 0.05) is 12.0 Å². The molecule has 1 aliphatic carbocycles.